The van der Waals surface area contributed by atoms with Crippen molar-refractivity contribution < 1.29 is 13.2 Å². The number of benzene rings is 1. The van der Waals surface area contributed by atoms with Crippen LogP contribution >= 0.6 is 0 Å². The zero-order valence-electron chi connectivity index (χ0n) is 10.6. The van der Waals surface area contributed by atoms with E-state index in [1.54, 1.807) is 31.2 Å². The van der Waals surface area contributed by atoms with Crippen LogP contribution in [0.25, 0.3) is 0 Å². The minimum Gasteiger partial charge on any atom is -0.497 e. The van der Waals surface area contributed by atoms with Crippen LogP contribution in [0.4, 0.5) is 0 Å². The zero-order valence-corrected chi connectivity index (χ0v) is 11.4. The molecule has 0 aliphatic rings. The van der Waals surface area contributed by atoms with Gasteiger partial charge in [0.05, 0.1) is 18.9 Å². The van der Waals surface area contributed by atoms with Crippen LogP contribution in [0.1, 0.15) is 18.5 Å². The molecule has 0 radical (unpaired) electrons. The predicted octanol–water partition coefficient (Wildman–Crippen LogP) is 1.54. The van der Waals surface area contributed by atoms with Gasteiger partial charge in [-0.15, -0.1) is 0 Å². The first-order chi connectivity index (χ1) is 8.46. The van der Waals surface area contributed by atoms with Crippen molar-refractivity contribution in [3.05, 3.63) is 29.8 Å². The topological polar surface area (TPSA) is 70.4 Å². The van der Waals surface area contributed by atoms with Gasteiger partial charge in [0.1, 0.15) is 11.8 Å². The number of nitrogens with zero attached hydrogens (tertiary/aromatic N) is 2. The lowest BCUT2D eigenvalue weighted by Gasteiger charge is -2.22. The number of ether oxygens (including phenoxy) is 1. The molecular formula is C12H16N2O3S. The van der Waals surface area contributed by atoms with Gasteiger partial charge in [-0.3, -0.25) is 0 Å². The van der Waals surface area contributed by atoms with E-state index in [1.807, 2.05) is 6.07 Å². The average molecular weight is 268 g/mol. The molecular weight excluding hydrogens is 252 g/mol. The molecule has 0 aromatic heterocycles. The van der Waals surface area contributed by atoms with Crippen molar-refractivity contribution in [2.24, 2.45) is 0 Å². The Kier molecular flexibility index (Phi) is 4.70. The van der Waals surface area contributed by atoms with Gasteiger partial charge in [-0.2, -0.15) is 9.57 Å². The van der Waals surface area contributed by atoms with E-state index in [9.17, 15) is 13.7 Å². The molecule has 1 aromatic carbocycles. The van der Waals surface area contributed by atoms with Crippen LogP contribution in [-0.4, -0.2) is 32.6 Å². The third kappa shape index (κ3) is 3.00. The number of hydrogen-bond donors (Lipinski definition) is 0. The van der Waals surface area contributed by atoms with Crippen LogP contribution in [0.2, 0.25) is 0 Å². The molecule has 0 bridgehead atoms. The van der Waals surface area contributed by atoms with Gasteiger partial charge in [0.2, 0.25) is 10.0 Å². The summed E-state index contributed by atoms with van der Waals surface area (Å²) in [5, 5.41) is 9.18. The van der Waals surface area contributed by atoms with Crippen molar-refractivity contribution in [2.45, 2.75) is 13.0 Å². The van der Waals surface area contributed by atoms with Gasteiger partial charge >= 0.3 is 0 Å². The molecule has 6 heteroatoms. The van der Waals surface area contributed by atoms with E-state index in [0.717, 1.165) is 4.31 Å². The summed E-state index contributed by atoms with van der Waals surface area (Å²) in [7, 11) is -0.477. The minimum atomic E-state index is -3.41. The number of hydrogen-bond acceptors (Lipinski definition) is 4. The van der Waals surface area contributed by atoms with Crippen LogP contribution in [0.5, 0.6) is 5.75 Å². The summed E-state index contributed by atoms with van der Waals surface area (Å²) in [6.45, 7) is 1.55. The number of sulfonamides is 1. The van der Waals surface area contributed by atoms with Gasteiger partial charge in [-0.25, -0.2) is 8.42 Å². The first-order valence-electron chi connectivity index (χ1n) is 5.45. The molecule has 1 rings (SSSR count). The van der Waals surface area contributed by atoms with E-state index < -0.39 is 16.1 Å². The molecule has 1 aromatic rings. The first-order valence-corrected chi connectivity index (χ1v) is 7.06. The Bertz CT molecular complexity index is 549. The third-order valence-electron chi connectivity index (χ3n) is 2.70. The smallest absolute Gasteiger partial charge is 0.215 e. The summed E-state index contributed by atoms with van der Waals surface area (Å²) < 4.78 is 29.7. The fraction of sp³-hybridized carbons (Fsp3) is 0.417. The molecule has 0 amide bonds. The van der Waals surface area contributed by atoms with Gasteiger partial charge in [0.15, 0.2) is 0 Å². The predicted molar refractivity (Wildman–Crippen MR) is 68.6 cm³/mol. The normalized spacial score (nSPS) is 13.1. The maximum atomic E-state index is 11.8. The lowest BCUT2D eigenvalue weighted by atomic mass is 10.1. The SMILES string of the molecule is CCS(=O)(=O)N(C)C(C#N)c1cccc(OC)c1. The van der Waals surface area contributed by atoms with Gasteiger partial charge in [0.25, 0.3) is 0 Å². The summed E-state index contributed by atoms with van der Waals surface area (Å²) >= 11 is 0. The van der Waals surface area contributed by atoms with E-state index >= 15 is 0 Å². The standard InChI is InChI=1S/C12H16N2O3S/c1-4-18(15,16)14(2)12(9-13)10-6-5-7-11(8-10)17-3/h5-8,12H,4H2,1-3H3. The van der Waals surface area contributed by atoms with Gasteiger partial charge in [0, 0.05) is 7.05 Å². The molecule has 0 spiro atoms. The Hall–Kier alpha value is -1.58. The van der Waals surface area contributed by atoms with Gasteiger partial charge in [-0.1, -0.05) is 12.1 Å². The number of rotatable bonds is 5. The molecule has 18 heavy (non-hydrogen) atoms. The lowest BCUT2D eigenvalue weighted by Crippen LogP contribution is -2.31. The largest absolute Gasteiger partial charge is 0.497 e. The maximum absolute atomic E-state index is 11.8. The van der Waals surface area contributed by atoms with Crippen molar-refractivity contribution in [3.8, 4) is 11.8 Å². The summed E-state index contributed by atoms with van der Waals surface area (Å²) in [5.74, 6) is 0.557. The fourth-order valence-corrected chi connectivity index (χ4v) is 2.44. The lowest BCUT2D eigenvalue weighted by molar-refractivity contribution is 0.408. The molecule has 0 saturated carbocycles. The van der Waals surface area contributed by atoms with Crippen molar-refractivity contribution in [1.29, 1.82) is 5.26 Å². The average Bonchev–Trinajstić information content (AvgIpc) is 2.39. The second kappa shape index (κ2) is 5.85. The molecule has 0 fully saturated rings. The summed E-state index contributed by atoms with van der Waals surface area (Å²) in [6, 6.07) is 8.00. The fourth-order valence-electron chi connectivity index (χ4n) is 1.54. The molecule has 0 N–H and O–H groups in total. The molecule has 0 heterocycles. The quantitative estimate of drug-likeness (QED) is 0.812. The Morgan fingerprint density at radius 1 is 1.50 bits per heavy atom. The second-order valence-electron chi connectivity index (χ2n) is 3.73. The molecule has 0 aliphatic heterocycles. The molecule has 1 unspecified atom stereocenters. The Balaban J connectivity index is 3.15. The van der Waals surface area contributed by atoms with Crippen molar-refractivity contribution in [3.63, 3.8) is 0 Å². The molecule has 5 nitrogen and oxygen atoms in total. The second-order valence-corrected chi connectivity index (χ2v) is 6.04. The van der Waals surface area contributed by atoms with E-state index in [-0.39, 0.29) is 5.75 Å². The highest BCUT2D eigenvalue weighted by Gasteiger charge is 2.26. The van der Waals surface area contributed by atoms with Gasteiger partial charge in [-0.05, 0) is 24.6 Å². The Morgan fingerprint density at radius 2 is 2.17 bits per heavy atom. The Morgan fingerprint density at radius 3 is 2.67 bits per heavy atom. The number of methoxy groups -OCH3 is 1. The van der Waals surface area contributed by atoms with Crippen molar-refractivity contribution in [2.75, 3.05) is 19.9 Å². The summed E-state index contributed by atoms with van der Waals surface area (Å²) in [6.07, 6.45) is 0. The third-order valence-corrected chi connectivity index (χ3v) is 4.52. The molecule has 0 saturated heterocycles. The highest BCUT2D eigenvalue weighted by atomic mass is 32.2. The monoisotopic (exact) mass is 268 g/mol. The molecule has 1 atom stereocenters. The minimum absolute atomic E-state index is 0.0361. The highest BCUT2D eigenvalue weighted by Crippen LogP contribution is 2.24. The molecule has 0 aliphatic carbocycles. The zero-order chi connectivity index (χ0) is 13.8. The van der Waals surface area contributed by atoms with E-state index in [2.05, 4.69) is 0 Å². The summed E-state index contributed by atoms with van der Waals surface area (Å²) in [5.41, 5.74) is 0.594. The summed E-state index contributed by atoms with van der Waals surface area (Å²) in [4.78, 5) is 0. The van der Waals surface area contributed by atoms with Crippen LogP contribution in [0, 0.1) is 11.3 Å². The van der Waals surface area contributed by atoms with Crippen LogP contribution < -0.4 is 4.74 Å². The van der Waals surface area contributed by atoms with Crippen LogP contribution in [-0.2, 0) is 10.0 Å². The van der Waals surface area contributed by atoms with Crippen LogP contribution in [0.15, 0.2) is 24.3 Å². The van der Waals surface area contributed by atoms with E-state index in [1.165, 1.54) is 14.2 Å². The van der Waals surface area contributed by atoms with E-state index in [4.69, 9.17) is 4.74 Å². The number of nitriles is 1. The first kappa shape index (κ1) is 14.5. The van der Waals surface area contributed by atoms with Crippen LogP contribution in [0.3, 0.4) is 0 Å². The molecule has 98 valence electrons. The highest BCUT2D eigenvalue weighted by molar-refractivity contribution is 7.89. The van der Waals surface area contributed by atoms with Gasteiger partial charge < -0.3 is 4.74 Å². The van der Waals surface area contributed by atoms with E-state index in [0.29, 0.717) is 11.3 Å². The maximum Gasteiger partial charge on any atom is 0.215 e. The Labute approximate surface area is 108 Å². The van der Waals surface area contributed by atoms with Crippen molar-refractivity contribution >= 4 is 10.0 Å². The van der Waals surface area contributed by atoms with Crippen molar-refractivity contribution in [1.82, 2.24) is 4.31 Å².